The van der Waals surface area contributed by atoms with E-state index in [9.17, 15) is 17.6 Å². The number of alkyl halides is 3. The lowest BCUT2D eigenvalue weighted by molar-refractivity contribution is -0.137. The van der Waals surface area contributed by atoms with Crippen LogP contribution < -0.4 is 4.74 Å². The Morgan fingerprint density at radius 2 is 1.88 bits per heavy atom. The van der Waals surface area contributed by atoms with E-state index in [0.717, 1.165) is 12.1 Å². The van der Waals surface area contributed by atoms with Crippen molar-refractivity contribution < 1.29 is 27.4 Å². The molecular formula is C11H10F4O2. The molecule has 0 bridgehead atoms. The molecule has 1 fully saturated rings. The SMILES string of the molecule is OC1CC(Oc2ccc(C(F)(F)F)cc2F)C1. The Bertz CT molecular complexity index is 410. The summed E-state index contributed by atoms with van der Waals surface area (Å²) < 4.78 is 55.2. The molecule has 1 aromatic rings. The largest absolute Gasteiger partial charge is 0.487 e. The lowest BCUT2D eigenvalue weighted by atomic mass is 9.92. The quantitative estimate of drug-likeness (QED) is 0.818. The maximum absolute atomic E-state index is 13.3. The van der Waals surface area contributed by atoms with E-state index in [2.05, 4.69) is 0 Å². The van der Waals surface area contributed by atoms with Crippen molar-refractivity contribution in [2.24, 2.45) is 0 Å². The standard InChI is InChI=1S/C11H10F4O2/c12-9-3-6(11(13,14)15)1-2-10(9)17-8-4-7(16)5-8/h1-3,7-8,16H,4-5H2. The second-order valence-electron chi connectivity index (χ2n) is 4.01. The van der Waals surface area contributed by atoms with Crippen molar-refractivity contribution in [3.63, 3.8) is 0 Å². The average Bonchev–Trinajstić information content (AvgIpc) is 2.16. The van der Waals surface area contributed by atoms with Gasteiger partial charge in [-0.25, -0.2) is 4.39 Å². The van der Waals surface area contributed by atoms with Crippen LogP contribution in [0.2, 0.25) is 0 Å². The van der Waals surface area contributed by atoms with Gasteiger partial charge in [0.05, 0.1) is 11.7 Å². The molecule has 0 heterocycles. The van der Waals surface area contributed by atoms with Gasteiger partial charge in [-0.15, -0.1) is 0 Å². The van der Waals surface area contributed by atoms with Crippen LogP contribution in [0.1, 0.15) is 18.4 Å². The zero-order chi connectivity index (χ0) is 12.6. The summed E-state index contributed by atoms with van der Waals surface area (Å²) in [6.07, 6.45) is -4.60. The molecule has 0 aliphatic heterocycles. The van der Waals surface area contributed by atoms with E-state index in [0.29, 0.717) is 18.9 Å². The summed E-state index contributed by atoms with van der Waals surface area (Å²) in [5.41, 5.74) is -1.05. The van der Waals surface area contributed by atoms with Gasteiger partial charge >= 0.3 is 6.18 Å². The molecule has 0 unspecified atom stereocenters. The van der Waals surface area contributed by atoms with Gasteiger partial charge in [-0.2, -0.15) is 13.2 Å². The van der Waals surface area contributed by atoms with Crippen molar-refractivity contribution in [3.05, 3.63) is 29.6 Å². The van der Waals surface area contributed by atoms with Crippen LogP contribution in [0.5, 0.6) is 5.75 Å². The van der Waals surface area contributed by atoms with E-state index in [1.165, 1.54) is 0 Å². The first kappa shape index (κ1) is 12.2. The van der Waals surface area contributed by atoms with E-state index >= 15 is 0 Å². The van der Waals surface area contributed by atoms with Crippen molar-refractivity contribution in [2.45, 2.75) is 31.2 Å². The molecule has 1 aliphatic rings. The summed E-state index contributed by atoms with van der Waals surface area (Å²) in [5.74, 6) is -1.25. The van der Waals surface area contributed by atoms with Gasteiger partial charge in [0.2, 0.25) is 0 Å². The highest BCUT2D eigenvalue weighted by molar-refractivity contribution is 5.31. The zero-order valence-corrected chi connectivity index (χ0v) is 8.67. The summed E-state index contributed by atoms with van der Waals surface area (Å²) in [6, 6.07) is 2.14. The van der Waals surface area contributed by atoms with Crippen molar-refractivity contribution in [1.29, 1.82) is 0 Å². The summed E-state index contributed by atoms with van der Waals surface area (Å²) in [6.45, 7) is 0. The third kappa shape index (κ3) is 2.69. The second kappa shape index (κ2) is 4.18. The van der Waals surface area contributed by atoms with Crippen molar-refractivity contribution >= 4 is 0 Å². The van der Waals surface area contributed by atoms with Crippen LogP contribution in [0.3, 0.4) is 0 Å². The Balaban J connectivity index is 2.09. The molecule has 0 amide bonds. The predicted octanol–water partition coefficient (Wildman–Crippen LogP) is 2.75. The van der Waals surface area contributed by atoms with Crippen LogP contribution >= 0.6 is 0 Å². The fourth-order valence-corrected chi connectivity index (χ4v) is 1.59. The Morgan fingerprint density at radius 3 is 2.35 bits per heavy atom. The minimum atomic E-state index is -4.56. The first-order valence-electron chi connectivity index (χ1n) is 5.07. The third-order valence-electron chi connectivity index (χ3n) is 2.62. The van der Waals surface area contributed by atoms with Crippen LogP contribution in [-0.2, 0) is 6.18 Å². The molecule has 6 heteroatoms. The van der Waals surface area contributed by atoms with Gasteiger partial charge in [-0.1, -0.05) is 0 Å². The highest BCUT2D eigenvalue weighted by atomic mass is 19.4. The predicted molar refractivity (Wildman–Crippen MR) is 51.1 cm³/mol. The maximum Gasteiger partial charge on any atom is 0.416 e. The van der Waals surface area contributed by atoms with E-state index < -0.39 is 23.7 Å². The van der Waals surface area contributed by atoms with Gasteiger partial charge in [0.15, 0.2) is 11.6 Å². The molecular weight excluding hydrogens is 240 g/mol. The van der Waals surface area contributed by atoms with E-state index in [1.54, 1.807) is 0 Å². The van der Waals surface area contributed by atoms with Crippen LogP contribution in [0.4, 0.5) is 17.6 Å². The molecule has 1 saturated carbocycles. The summed E-state index contributed by atoms with van der Waals surface area (Å²) in [7, 11) is 0. The molecule has 0 aromatic heterocycles. The van der Waals surface area contributed by atoms with E-state index in [4.69, 9.17) is 9.84 Å². The summed E-state index contributed by atoms with van der Waals surface area (Å²) in [4.78, 5) is 0. The number of ether oxygens (including phenoxy) is 1. The molecule has 17 heavy (non-hydrogen) atoms. The molecule has 2 nitrogen and oxygen atoms in total. The minimum absolute atomic E-state index is 0.213. The van der Waals surface area contributed by atoms with E-state index in [1.807, 2.05) is 0 Å². The molecule has 0 atom stereocenters. The number of hydrogen-bond acceptors (Lipinski definition) is 2. The number of rotatable bonds is 2. The fourth-order valence-electron chi connectivity index (χ4n) is 1.59. The highest BCUT2D eigenvalue weighted by Crippen LogP contribution is 2.33. The van der Waals surface area contributed by atoms with Crippen LogP contribution in [0.15, 0.2) is 18.2 Å². The number of aliphatic hydroxyl groups is 1. The molecule has 1 N–H and O–H groups in total. The Morgan fingerprint density at radius 1 is 1.24 bits per heavy atom. The van der Waals surface area contributed by atoms with Gasteiger partial charge in [-0.3, -0.25) is 0 Å². The second-order valence-corrected chi connectivity index (χ2v) is 4.01. The molecule has 94 valence electrons. The molecule has 1 aromatic carbocycles. The first-order valence-corrected chi connectivity index (χ1v) is 5.07. The third-order valence-corrected chi connectivity index (χ3v) is 2.62. The first-order chi connectivity index (χ1) is 7.86. The van der Waals surface area contributed by atoms with Crippen molar-refractivity contribution in [3.8, 4) is 5.75 Å². The number of halogens is 4. The number of benzene rings is 1. The molecule has 1 aliphatic carbocycles. The van der Waals surface area contributed by atoms with Crippen LogP contribution in [0.25, 0.3) is 0 Å². The Labute approximate surface area is 94.8 Å². The molecule has 2 rings (SSSR count). The summed E-state index contributed by atoms with van der Waals surface area (Å²) >= 11 is 0. The molecule has 0 saturated heterocycles. The number of hydrogen-bond donors (Lipinski definition) is 1. The van der Waals surface area contributed by atoms with Gasteiger partial charge in [0.1, 0.15) is 6.10 Å². The lowest BCUT2D eigenvalue weighted by Crippen LogP contribution is -2.37. The van der Waals surface area contributed by atoms with Crippen LogP contribution in [-0.4, -0.2) is 17.3 Å². The maximum atomic E-state index is 13.3. The average molecular weight is 250 g/mol. The van der Waals surface area contributed by atoms with Crippen molar-refractivity contribution in [2.75, 3.05) is 0 Å². The van der Waals surface area contributed by atoms with Gasteiger partial charge < -0.3 is 9.84 Å². The van der Waals surface area contributed by atoms with E-state index in [-0.39, 0.29) is 11.9 Å². The van der Waals surface area contributed by atoms with Gasteiger partial charge in [0, 0.05) is 12.8 Å². The smallest absolute Gasteiger partial charge is 0.416 e. The normalized spacial score (nSPS) is 24.3. The van der Waals surface area contributed by atoms with Gasteiger partial charge in [-0.05, 0) is 18.2 Å². The topological polar surface area (TPSA) is 29.5 Å². The van der Waals surface area contributed by atoms with Gasteiger partial charge in [0.25, 0.3) is 0 Å². The monoisotopic (exact) mass is 250 g/mol. The van der Waals surface area contributed by atoms with Crippen LogP contribution in [0, 0.1) is 5.82 Å². The summed E-state index contributed by atoms with van der Waals surface area (Å²) in [5, 5.41) is 8.99. The minimum Gasteiger partial charge on any atom is -0.487 e. The number of aliphatic hydroxyl groups excluding tert-OH is 1. The Kier molecular flexibility index (Phi) is 2.99. The Hall–Kier alpha value is -1.30. The van der Waals surface area contributed by atoms with Crippen molar-refractivity contribution in [1.82, 2.24) is 0 Å². The molecule has 0 spiro atoms. The zero-order valence-electron chi connectivity index (χ0n) is 8.67. The lowest BCUT2D eigenvalue weighted by Gasteiger charge is -2.31. The fraction of sp³-hybridized carbons (Fsp3) is 0.455. The highest BCUT2D eigenvalue weighted by Gasteiger charge is 2.33. The molecule has 0 radical (unpaired) electrons.